The number of rotatable bonds is 5. The molecule has 1 amide bonds. The number of hydrogen-bond acceptors (Lipinski definition) is 4. The first kappa shape index (κ1) is 18.5. The average molecular weight is 355 g/mol. The number of nitrogens with one attached hydrogen (secondary N) is 2. The first-order chi connectivity index (χ1) is 11.9. The molecule has 6 heteroatoms. The Kier molecular flexibility index (Phi) is 6.15. The van der Waals surface area contributed by atoms with Crippen LogP contribution in [0.4, 0.5) is 11.4 Å². The highest BCUT2D eigenvalue weighted by molar-refractivity contribution is 6.32. The van der Waals surface area contributed by atoms with E-state index >= 15 is 0 Å². The van der Waals surface area contributed by atoms with Crippen LogP contribution in [0.25, 0.3) is 0 Å². The minimum absolute atomic E-state index is 0.0575. The Bertz CT molecular complexity index is 853. The fraction of sp³-hybridized carbons (Fsp3) is 0.211. The molecule has 0 radical (unpaired) electrons. The lowest BCUT2D eigenvalue weighted by Crippen LogP contribution is -2.17. The van der Waals surface area contributed by atoms with Crippen LogP contribution < -0.4 is 10.6 Å². The maximum atomic E-state index is 12.5. The van der Waals surface area contributed by atoms with Gasteiger partial charge in [-0.15, -0.1) is 0 Å². The van der Waals surface area contributed by atoms with E-state index in [1.165, 1.54) is 6.20 Å². The van der Waals surface area contributed by atoms with Gasteiger partial charge in [0.05, 0.1) is 5.69 Å². The molecule has 0 fully saturated rings. The molecule has 0 bridgehead atoms. The standard InChI is InChI=1S/C19H19ClN4O/c1-12(2)15-7-4-6-13(3)17(15)24-19(25)14(10-21)11-23-16-8-5-9-22-18(16)20/h4-9,11-12,23H,1-3H3,(H,24,25)/b14-11-. The number of para-hydroxylation sites is 1. The summed E-state index contributed by atoms with van der Waals surface area (Å²) < 4.78 is 0. The number of aromatic nitrogens is 1. The minimum atomic E-state index is -0.480. The molecule has 5 nitrogen and oxygen atoms in total. The summed E-state index contributed by atoms with van der Waals surface area (Å²) in [6.07, 6.45) is 2.88. The van der Waals surface area contributed by atoms with Crippen LogP contribution in [0, 0.1) is 18.3 Å². The Hall–Kier alpha value is -2.84. The van der Waals surface area contributed by atoms with E-state index in [-0.39, 0.29) is 16.6 Å². The van der Waals surface area contributed by atoms with Crippen molar-refractivity contribution in [2.75, 3.05) is 10.6 Å². The van der Waals surface area contributed by atoms with Gasteiger partial charge in [0.1, 0.15) is 11.6 Å². The zero-order valence-corrected chi connectivity index (χ0v) is 15.1. The lowest BCUT2D eigenvalue weighted by molar-refractivity contribution is -0.112. The number of pyridine rings is 1. The van der Waals surface area contributed by atoms with Crippen molar-refractivity contribution >= 4 is 28.9 Å². The van der Waals surface area contributed by atoms with Gasteiger partial charge in [-0.2, -0.15) is 5.26 Å². The van der Waals surface area contributed by atoms with Crippen LogP contribution in [0.5, 0.6) is 0 Å². The van der Waals surface area contributed by atoms with Crippen LogP contribution >= 0.6 is 11.6 Å². The highest BCUT2D eigenvalue weighted by Crippen LogP contribution is 2.27. The lowest BCUT2D eigenvalue weighted by atomic mass is 9.98. The monoisotopic (exact) mass is 354 g/mol. The van der Waals surface area contributed by atoms with Gasteiger partial charge in [-0.1, -0.05) is 43.6 Å². The summed E-state index contributed by atoms with van der Waals surface area (Å²) >= 11 is 5.95. The number of carbonyl (C=O) groups is 1. The summed E-state index contributed by atoms with van der Waals surface area (Å²) in [4.78, 5) is 16.4. The van der Waals surface area contributed by atoms with E-state index in [9.17, 15) is 10.1 Å². The maximum Gasteiger partial charge on any atom is 0.267 e. The molecule has 0 aliphatic heterocycles. The summed E-state index contributed by atoms with van der Waals surface area (Å²) in [5, 5.41) is 15.2. The Morgan fingerprint density at radius 1 is 1.32 bits per heavy atom. The molecule has 0 unspecified atom stereocenters. The van der Waals surface area contributed by atoms with E-state index in [4.69, 9.17) is 11.6 Å². The molecule has 0 saturated carbocycles. The van der Waals surface area contributed by atoms with Crippen LogP contribution in [0.3, 0.4) is 0 Å². The van der Waals surface area contributed by atoms with Crippen molar-refractivity contribution in [2.24, 2.45) is 0 Å². The third-order valence-corrected chi connectivity index (χ3v) is 3.96. The Morgan fingerprint density at radius 3 is 2.72 bits per heavy atom. The van der Waals surface area contributed by atoms with Crippen LogP contribution in [-0.4, -0.2) is 10.9 Å². The number of halogens is 1. The average Bonchev–Trinajstić information content (AvgIpc) is 2.58. The molecule has 0 spiro atoms. The largest absolute Gasteiger partial charge is 0.358 e. The quantitative estimate of drug-likeness (QED) is 0.466. The molecule has 0 atom stereocenters. The molecular formula is C19H19ClN4O. The summed E-state index contributed by atoms with van der Waals surface area (Å²) in [5.74, 6) is -0.233. The summed E-state index contributed by atoms with van der Waals surface area (Å²) in [5.41, 5.74) is 3.17. The molecule has 0 aliphatic rings. The van der Waals surface area contributed by atoms with Gasteiger partial charge < -0.3 is 10.6 Å². The molecule has 2 aromatic rings. The smallest absolute Gasteiger partial charge is 0.267 e. The fourth-order valence-corrected chi connectivity index (χ4v) is 2.49. The number of nitrogens with zero attached hydrogens (tertiary/aromatic N) is 2. The van der Waals surface area contributed by atoms with Crippen molar-refractivity contribution in [3.8, 4) is 6.07 Å². The second-order valence-electron chi connectivity index (χ2n) is 5.80. The Balaban J connectivity index is 2.23. The Labute approximate surface area is 152 Å². The summed E-state index contributed by atoms with van der Waals surface area (Å²) in [6.45, 7) is 6.03. The molecule has 2 rings (SSSR count). The van der Waals surface area contributed by atoms with E-state index in [2.05, 4.69) is 29.5 Å². The molecule has 0 aliphatic carbocycles. The molecule has 128 valence electrons. The zero-order valence-electron chi connectivity index (χ0n) is 14.3. The molecule has 1 aromatic heterocycles. The number of amides is 1. The summed E-state index contributed by atoms with van der Waals surface area (Å²) in [7, 11) is 0. The SMILES string of the molecule is Cc1cccc(C(C)C)c1NC(=O)/C(C#N)=C\Nc1cccnc1Cl. The number of nitriles is 1. The first-order valence-electron chi connectivity index (χ1n) is 7.82. The lowest BCUT2D eigenvalue weighted by Gasteiger charge is -2.16. The highest BCUT2D eigenvalue weighted by atomic mass is 35.5. The first-order valence-corrected chi connectivity index (χ1v) is 8.20. The van der Waals surface area contributed by atoms with Crippen molar-refractivity contribution in [1.29, 1.82) is 5.26 Å². The van der Waals surface area contributed by atoms with E-state index in [0.29, 0.717) is 5.69 Å². The highest BCUT2D eigenvalue weighted by Gasteiger charge is 2.15. The number of benzene rings is 1. The van der Waals surface area contributed by atoms with Crippen LogP contribution in [-0.2, 0) is 4.79 Å². The molecule has 1 aromatic carbocycles. The van der Waals surface area contributed by atoms with Gasteiger partial charge in [-0.05, 0) is 36.1 Å². The van der Waals surface area contributed by atoms with Gasteiger partial charge >= 0.3 is 0 Å². The maximum absolute atomic E-state index is 12.5. The molecule has 1 heterocycles. The van der Waals surface area contributed by atoms with Crippen molar-refractivity contribution < 1.29 is 4.79 Å². The molecule has 0 saturated heterocycles. The van der Waals surface area contributed by atoms with Crippen molar-refractivity contribution in [2.45, 2.75) is 26.7 Å². The van der Waals surface area contributed by atoms with E-state index in [0.717, 1.165) is 16.8 Å². The number of aryl methyl sites for hydroxylation is 1. The van der Waals surface area contributed by atoms with Crippen molar-refractivity contribution in [3.05, 3.63) is 64.6 Å². The van der Waals surface area contributed by atoms with Gasteiger partial charge in [-0.25, -0.2) is 4.98 Å². The zero-order chi connectivity index (χ0) is 18.4. The van der Waals surface area contributed by atoms with Gasteiger partial charge in [0.15, 0.2) is 5.15 Å². The van der Waals surface area contributed by atoms with Gasteiger partial charge in [-0.3, -0.25) is 4.79 Å². The summed E-state index contributed by atoms with van der Waals surface area (Å²) in [6, 6.07) is 11.2. The predicted molar refractivity (Wildman–Crippen MR) is 100 cm³/mol. The third-order valence-electron chi connectivity index (χ3n) is 3.66. The number of hydrogen-bond donors (Lipinski definition) is 2. The second-order valence-corrected chi connectivity index (χ2v) is 6.16. The number of anilines is 2. The van der Waals surface area contributed by atoms with Gasteiger partial charge in [0.2, 0.25) is 0 Å². The van der Waals surface area contributed by atoms with Crippen LogP contribution in [0.2, 0.25) is 5.15 Å². The van der Waals surface area contributed by atoms with E-state index in [1.807, 2.05) is 31.2 Å². The van der Waals surface area contributed by atoms with Crippen LogP contribution in [0.15, 0.2) is 48.3 Å². The fourth-order valence-electron chi connectivity index (χ4n) is 2.32. The van der Waals surface area contributed by atoms with Crippen molar-refractivity contribution in [3.63, 3.8) is 0 Å². The third kappa shape index (κ3) is 4.59. The van der Waals surface area contributed by atoms with E-state index < -0.39 is 5.91 Å². The van der Waals surface area contributed by atoms with E-state index in [1.54, 1.807) is 18.3 Å². The minimum Gasteiger partial charge on any atom is -0.358 e. The van der Waals surface area contributed by atoms with Gasteiger partial charge in [0, 0.05) is 18.1 Å². The second kappa shape index (κ2) is 8.32. The van der Waals surface area contributed by atoms with Crippen molar-refractivity contribution in [1.82, 2.24) is 4.98 Å². The number of carbonyl (C=O) groups excluding carboxylic acids is 1. The topological polar surface area (TPSA) is 77.8 Å². The van der Waals surface area contributed by atoms with Gasteiger partial charge in [0.25, 0.3) is 5.91 Å². The van der Waals surface area contributed by atoms with Crippen LogP contribution in [0.1, 0.15) is 30.9 Å². The molecule has 25 heavy (non-hydrogen) atoms. The molecular weight excluding hydrogens is 336 g/mol. The normalized spacial score (nSPS) is 11.1. The molecule has 2 N–H and O–H groups in total. The Morgan fingerprint density at radius 2 is 2.08 bits per heavy atom. The predicted octanol–water partition coefficient (Wildman–Crippen LogP) is 4.62.